The number of hydrogen-bond acceptors (Lipinski definition) is 2. The number of ether oxygens (including phenoxy) is 1. The Morgan fingerprint density at radius 1 is 1.15 bits per heavy atom. The van der Waals surface area contributed by atoms with E-state index in [0.29, 0.717) is 18.0 Å². The number of benzene rings is 1. The fraction of sp³-hybridized carbons (Fsp3) is 0.588. The predicted molar refractivity (Wildman–Crippen MR) is 83.3 cm³/mol. The molecule has 0 saturated heterocycles. The number of unbranched alkanes of at least 4 members (excludes halogenated alkanes) is 3. The molecule has 20 heavy (non-hydrogen) atoms. The molecular formula is C17H27NO2. The number of carbonyl (C=O) groups excluding carboxylic acids is 1. The van der Waals surface area contributed by atoms with Gasteiger partial charge in [0.05, 0.1) is 6.61 Å². The van der Waals surface area contributed by atoms with Crippen LogP contribution in [0.5, 0.6) is 5.75 Å². The first-order valence-electron chi connectivity index (χ1n) is 7.64. The van der Waals surface area contributed by atoms with Gasteiger partial charge in [-0.05, 0) is 36.6 Å². The third kappa shape index (κ3) is 6.60. The van der Waals surface area contributed by atoms with Crippen LogP contribution in [-0.4, -0.2) is 19.1 Å². The third-order valence-electron chi connectivity index (χ3n) is 3.05. The molecule has 0 fully saturated rings. The maximum Gasteiger partial charge on any atom is 0.251 e. The monoisotopic (exact) mass is 277 g/mol. The minimum atomic E-state index is -0.0202. The van der Waals surface area contributed by atoms with Gasteiger partial charge < -0.3 is 10.1 Å². The van der Waals surface area contributed by atoms with Gasteiger partial charge in [0.25, 0.3) is 5.91 Å². The summed E-state index contributed by atoms with van der Waals surface area (Å²) in [4.78, 5) is 11.8. The van der Waals surface area contributed by atoms with E-state index in [4.69, 9.17) is 4.74 Å². The summed E-state index contributed by atoms with van der Waals surface area (Å²) >= 11 is 0. The standard InChI is InChI=1S/C17H27NO2/c1-4-5-6-7-12-20-16-10-8-15(9-11-16)17(19)18-13-14(2)3/h8-11,14H,4-7,12-13H2,1-3H3,(H,18,19). The predicted octanol–water partition coefficient (Wildman–Crippen LogP) is 4.03. The van der Waals surface area contributed by atoms with E-state index < -0.39 is 0 Å². The SMILES string of the molecule is CCCCCCOc1ccc(C(=O)NCC(C)C)cc1. The molecule has 1 rings (SSSR count). The molecule has 0 unspecified atom stereocenters. The van der Waals surface area contributed by atoms with Crippen LogP contribution in [0.25, 0.3) is 0 Å². The van der Waals surface area contributed by atoms with Crippen LogP contribution < -0.4 is 10.1 Å². The van der Waals surface area contributed by atoms with Gasteiger partial charge in [-0.2, -0.15) is 0 Å². The van der Waals surface area contributed by atoms with Crippen LogP contribution in [0, 0.1) is 5.92 Å². The van der Waals surface area contributed by atoms with E-state index in [2.05, 4.69) is 26.1 Å². The fourth-order valence-corrected chi connectivity index (χ4v) is 1.82. The summed E-state index contributed by atoms with van der Waals surface area (Å²) in [5, 5.41) is 2.90. The molecule has 1 aromatic carbocycles. The summed E-state index contributed by atoms with van der Waals surface area (Å²) in [5.41, 5.74) is 0.684. The lowest BCUT2D eigenvalue weighted by Gasteiger charge is -2.09. The van der Waals surface area contributed by atoms with Crippen molar-refractivity contribution in [3.63, 3.8) is 0 Å². The van der Waals surface area contributed by atoms with E-state index in [1.807, 2.05) is 24.3 Å². The van der Waals surface area contributed by atoms with Gasteiger partial charge in [0.1, 0.15) is 5.75 Å². The molecule has 112 valence electrons. The molecule has 0 aliphatic rings. The average molecular weight is 277 g/mol. The third-order valence-corrected chi connectivity index (χ3v) is 3.05. The molecule has 0 heterocycles. The van der Waals surface area contributed by atoms with Crippen LogP contribution in [0.1, 0.15) is 56.8 Å². The van der Waals surface area contributed by atoms with Gasteiger partial charge in [-0.1, -0.05) is 40.0 Å². The lowest BCUT2D eigenvalue weighted by atomic mass is 10.2. The van der Waals surface area contributed by atoms with Crippen LogP contribution in [0.15, 0.2) is 24.3 Å². The summed E-state index contributed by atoms with van der Waals surface area (Å²) in [6.07, 6.45) is 4.80. The Kier molecular flexibility index (Phi) is 7.78. The quantitative estimate of drug-likeness (QED) is 0.692. The maximum atomic E-state index is 11.8. The molecule has 0 bridgehead atoms. The topological polar surface area (TPSA) is 38.3 Å². The van der Waals surface area contributed by atoms with Gasteiger partial charge in [-0.3, -0.25) is 4.79 Å². The van der Waals surface area contributed by atoms with Crippen molar-refractivity contribution in [3.8, 4) is 5.75 Å². The Balaban J connectivity index is 2.34. The molecule has 0 spiro atoms. The molecular weight excluding hydrogens is 250 g/mol. The highest BCUT2D eigenvalue weighted by Crippen LogP contribution is 2.13. The summed E-state index contributed by atoms with van der Waals surface area (Å²) in [6, 6.07) is 7.36. The molecule has 0 saturated carbocycles. The highest BCUT2D eigenvalue weighted by molar-refractivity contribution is 5.94. The zero-order chi connectivity index (χ0) is 14.8. The highest BCUT2D eigenvalue weighted by Gasteiger charge is 2.05. The first-order chi connectivity index (χ1) is 9.63. The van der Waals surface area contributed by atoms with Crippen molar-refractivity contribution < 1.29 is 9.53 Å². The lowest BCUT2D eigenvalue weighted by molar-refractivity contribution is 0.0949. The van der Waals surface area contributed by atoms with Crippen LogP contribution in [0.3, 0.4) is 0 Å². The summed E-state index contributed by atoms with van der Waals surface area (Å²) < 4.78 is 5.65. The highest BCUT2D eigenvalue weighted by atomic mass is 16.5. The van der Waals surface area contributed by atoms with Crippen molar-refractivity contribution in [1.29, 1.82) is 0 Å². The summed E-state index contributed by atoms with van der Waals surface area (Å²) in [6.45, 7) is 7.81. The Morgan fingerprint density at radius 2 is 1.85 bits per heavy atom. The van der Waals surface area contributed by atoms with Crippen molar-refractivity contribution in [2.75, 3.05) is 13.2 Å². The minimum Gasteiger partial charge on any atom is -0.494 e. The first kappa shape index (κ1) is 16.5. The van der Waals surface area contributed by atoms with Gasteiger partial charge in [0.2, 0.25) is 0 Å². The summed E-state index contributed by atoms with van der Waals surface area (Å²) in [5.74, 6) is 1.28. The molecule has 3 nitrogen and oxygen atoms in total. The molecule has 1 amide bonds. The smallest absolute Gasteiger partial charge is 0.251 e. The van der Waals surface area contributed by atoms with Crippen LogP contribution in [0.4, 0.5) is 0 Å². The van der Waals surface area contributed by atoms with Crippen LogP contribution in [0.2, 0.25) is 0 Å². The molecule has 0 atom stereocenters. The number of amides is 1. The lowest BCUT2D eigenvalue weighted by Crippen LogP contribution is -2.27. The second-order valence-electron chi connectivity index (χ2n) is 5.54. The second kappa shape index (κ2) is 9.40. The Labute approximate surface area is 122 Å². The van der Waals surface area contributed by atoms with Crippen LogP contribution >= 0.6 is 0 Å². The Bertz CT molecular complexity index is 384. The molecule has 0 aliphatic carbocycles. The van der Waals surface area contributed by atoms with E-state index in [0.717, 1.165) is 18.8 Å². The van der Waals surface area contributed by atoms with Crippen molar-refractivity contribution in [3.05, 3.63) is 29.8 Å². The van der Waals surface area contributed by atoms with E-state index >= 15 is 0 Å². The summed E-state index contributed by atoms with van der Waals surface area (Å²) in [7, 11) is 0. The fourth-order valence-electron chi connectivity index (χ4n) is 1.82. The van der Waals surface area contributed by atoms with E-state index in [-0.39, 0.29) is 5.91 Å². The zero-order valence-electron chi connectivity index (χ0n) is 12.9. The Morgan fingerprint density at radius 3 is 2.45 bits per heavy atom. The molecule has 3 heteroatoms. The van der Waals surface area contributed by atoms with Crippen molar-refractivity contribution in [1.82, 2.24) is 5.32 Å². The first-order valence-corrected chi connectivity index (χ1v) is 7.64. The van der Waals surface area contributed by atoms with E-state index in [1.165, 1.54) is 19.3 Å². The number of nitrogens with one attached hydrogen (secondary N) is 1. The van der Waals surface area contributed by atoms with Crippen molar-refractivity contribution in [2.24, 2.45) is 5.92 Å². The van der Waals surface area contributed by atoms with Crippen molar-refractivity contribution >= 4 is 5.91 Å². The number of carbonyl (C=O) groups is 1. The average Bonchev–Trinajstić information content (AvgIpc) is 2.45. The molecule has 0 radical (unpaired) electrons. The zero-order valence-corrected chi connectivity index (χ0v) is 12.9. The van der Waals surface area contributed by atoms with E-state index in [1.54, 1.807) is 0 Å². The maximum absolute atomic E-state index is 11.8. The molecule has 1 aromatic rings. The normalized spacial score (nSPS) is 10.6. The molecule has 0 aliphatic heterocycles. The molecule has 1 N–H and O–H groups in total. The van der Waals surface area contributed by atoms with Gasteiger partial charge in [-0.25, -0.2) is 0 Å². The van der Waals surface area contributed by atoms with Crippen molar-refractivity contribution in [2.45, 2.75) is 46.5 Å². The second-order valence-corrected chi connectivity index (χ2v) is 5.54. The largest absolute Gasteiger partial charge is 0.494 e. The Hall–Kier alpha value is -1.51. The number of hydrogen-bond donors (Lipinski definition) is 1. The van der Waals surface area contributed by atoms with Gasteiger partial charge in [0, 0.05) is 12.1 Å². The van der Waals surface area contributed by atoms with Gasteiger partial charge in [0.15, 0.2) is 0 Å². The van der Waals surface area contributed by atoms with Crippen LogP contribution in [-0.2, 0) is 0 Å². The van der Waals surface area contributed by atoms with E-state index in [9.17, 15) is 4.79 Å². The number of rotatable bonds is 9. The van der Waals surface area contributed by atoms with Gasteiger partial charge >= 0.3 is 0 Å². The molecule has 0 aromatic heterocycles. The minimum absolute atomic E-state index is 0.0202. The van der Waals surface area contributed by atoms with Gasteiger partial charge in [-0.15, -0.1) is 0 Å².